The van der Waals surface area contributed by atoms with Gasteiger partial charge in [0.05, 0.1) is 0 Å². The Kier molecular flexibility index (Phi) is 3.72. The predicted molar refractivity (Wildman–Crippen MR) is 51.6 cm³/mol. The average molecular weight is 260 g/mol. The van der Waals surface area contributed by atoms with E-state index in [-0.39, 0.29) is 12.8 Å². The fourth-order valence-corrected chi connectivity index (χ4v) is 2.85. The second-order valence-electron chi connectivity index (χ2n) is 3.24. The maximum absolute atomic E-state index is 12.9. The molecule has 4 nitrogen and oxygen atoms in total. The number of thioether (sulfide) groups is 1. The summed E-state index contributed by atoms with van der Waals surface area (Å²) in [4.78, 5) is 11.2. The van der Waals surface area contributed by atoms with Crippen molar-refractivity contribution in [3.8, 4) is 0 Å². The van der Waals surface area contributed by atoms with Gasteiger partial charge in [0.15, 0.2) is 0 Å². The van der Waals surface area contributed by atoms with Crippen molar-refractivity contribution in [3.63, 3.8) is 0 Å². The first kappa shape index (κ1) is 12.9. The van der Waals surface area contributed by atoms with E-state index in [0.717, 1.165) is 0 Å². The number of carbonyl (C=O) groups is 1. The number of hydrogen-bond acceptors (Lipinski definition) is 4. The quantitative estimate of drug-likeness (QED) is 0.771. The molecule has 15 heavy (non-hydrogen) atoms. The molecule has 0 aromatic heterocycles. The highest BCUT2D eigenvalue weighted by Gasteiger charge is 2.54. The van der Waals surface area contributed by atoms with Crippen LogP contribution in [0, 0.1) is 5.92 Å². The third-order valence-electron chi connectivity index (χ3n) is 2.20. The van der Waals surface area contributed by atoms with Crippen molar-refractivity contribution in [1.29, 1.82) is 0 Å². The summed E-state index contributed by atoms with van der Waals surface area (Å²) in [6, 6.07) is 0. The highest BCUT2D eigenvalue weighted by molar-refractivity contribution is 7.99. The lowest BCUT2D eigenvalue weighted by atomic mass is 9.98. The van der Waals surface area contributed by atoms with Gasteiger partial charge in [-0.05, 0) is 24.3 Å². The minimum Gasteiger partial charge on any atom is -0.291 e. The molecule has 88 valence electrons. The summed E-state index contributed by atoms with van der Waals surface area (Å²) < 4.78 is 54.7. The molecule has 0 saturated carbocycles. The fraction of sp³-hybridized carbons (Fsp3) is 0.857. The third-order valence-corrected chi connectivity index (χ3v) is 4.10. The van der Waals surface area contributed by atoms with Gasteiger partial charge >= 0.3 is 15.4 Å². The minimum atomic E-state index is -5.64. The Hall–Kier alpha value is -0.210. The van der Waals surface area contributed by atoms with Crippen molar-refractivity contribution >= 4 is 27.7 Å². The third kappa shape index (κ3) is 2.67. The van der Waals surface area contributed by atoms with Gasteiger partial charge in [0.1, 0.15) is 0 Å². The molecule has 0 atom stereocenters. The summed E-state index contributed by atoms with van der Waals surface area (Å²) >= 11 is 1.53. The van der Waals surface area contributed by atoms with Gasteiger partial charge in [-0.3, -0.25) is 9.35 Å². The molecule has 0 bridgehead atoms. The van der Waals surface area contributed by atoms with Crippen molar-refractivity contribution in [3.05, 3.63) is 0 Å². The molecular formula is C7H10F2O4S2. The first-order chi connectivity index (χ1) is 6.77. The number of ketones is 1. The van der Waals surface area contributed by atoms with Crippen LogP contribution in [0.2, 0.25) is 0 Å². The highest BCUT2D eigenvalue weighted by Crippen LogP contribution is 2.32. The Bertz CT molecular complexity index is 346. The number of hydrogen-bond donors (Lipinski definition) is 1. The van der Waals surface area contributed by atoms with E-state index in [9.17, 15) is 22.0 Å². The molecule has 0 aromatic rings. The maximum atomic E-state index is 12.9. The van der Waals surface area contributed by atoms with Crippen molar-refractivity contribution < 1.29 is 26.5 Å². The summed E-state index contributed by atoms with van der Waals surface area (Å²) in [6.45, 7) is 0. The first-order valence-electron chi connectivity index (χ1n) is 4.23. The van der Waals surface area contributed by atoms with Crippen molar-refractivity contribution in [2.45, 2.75) is 18.1 Å². The molecular weight excluding hydrogens is 250 g/mol. The van der Waals surface area contributed by atoms with Gasteiger partial charge in [-0.2, -0.15) is 29.0 Å². The Morgan fingerprint density at radius 2 is 1.80 bits per heavy atom. The zero-order valence-corrected chi connectivity index (χ0v) is 9.28. The standard InChI is InChI=1S/C7H10F2O4S2/c8-7(9,15(11,12)13)6(10)5-1-3-14-4-2-5/h5H,1-4H2,(H,11,12,13). The topological polar surface area (TPSA) is 71.4 Å². The van der Waals surface area contributed by atoms with Crippen LogP contribution < -0.4 is 0 Å². The maximum Gasteiger partial charge on any atom is 0.426 e. The van der Waals surface area contributed by atoms with E-state index in [0.29, 0.717) is 11.5 Å². The number of Topliss-reactive ketones (excluding diaryl/α,β-unsaturated/α-hetero) is 1. The number of alkyl halides is 2. The van der Waals surface area contributed by atoms with E-state index in [2.05, 4.69) is 0 Å². The van der Waals surface area contributed by atoms with Gasteiger partial charge in [0.25, 0.3) is 0 Å². The van der Waals surface area contributed by atoms with Gasteiger partial charge in [0, 0.05) is 5.92 Å². The van der Waals surface area contributed by atoms with Crippen molar-refractivity contribution in [1.82, 2.24) is 0 Å². The summed E-state index contributed by atoms with van der Waals surface area (Å²) in [5.74, 6) is -1.55. The number of rotatable bonds is 3. The van der Waals surface area contributed by atoms with Crippen LogP contribution in [0.15, 0.2) is 0 Å². The van der Waals surface area contributed by atoms with Crippen LogP contribution in [0.5, 0.6) is 0 Å². The van der Waals surface area contributed by atoms with Gasteiger partial charge in [0.2, 0.25) is 5.78 Å². The Morgan fingerprint density at radius 3 is 2.20 bits per heavy atom. The molecule has 1 fully saturated rings. The molecule has 1 heterocycles. The van der Waals surface area contributed by atoms with E-state index in [4.69, 9.17) is 4.55 Å². The lowest BCUT2D eigenvalue weighted by molar-refractivity contribution is -0.138. The minimum absolute atomic E-state index is 0.231. The zero-order chi connectivity index (χ0) is 11.7. The van der Waals surface area contributed by atoms with Crippen LogP contribution in [0.4, 0.5) is 8.78 Å². The largest absolute Gasteiger partial charge is 0.426 e. The highest BCUT2D eigenvalue weighted by atomic mass is 32.2. The monoisotopic (exact) mass is 260 g/mol. The summed E-state index contributed by atoms with van der Waals surface area (Å²) in [5.41, 5.74) is 0. The number of carbonyl (C=O) groups excluding carboxylic acids is 1. The van der Waals surface area contributed by atoms with Gasteiger partial charge in [-0.1, -0.05) is 0 Å². The van der Waals surface area contributed by atoms with Crippen LogP contribution in [-0.2, 0) is 14.9 Å². The van der Waals surface area contributed by atoms with Crippen LogP contribution in [0.3, 0.4) is 0 Å². The molecule has 1 aliphatic heterocycles. The SMILES string of the molecule is O=C(C1CCSCC1)C(F)(F)S(=O)(=O)O. The molecule has 1 rings (SSSR count). The van der Waals surface area contributed by atoms with Gasteiger partial charge in [-0.25, -0.2) is 0 Å². The second kappa shape index (κ2) is 4.34. The molecule has 1 aliphatic rings. The molecule has 1 N–H and O–H groups in total. The second-order valence-corrected chi connectivity index (χ2v) is 5.93. The van der Waals surface area contributed by atoms with Crippen LogP contribution in [0.25, 0.3) is 0 Å². The zero-order valence-electron chi connectivity index (χ0n) is 7.65. The van der Waals surface area contributed by atoms with E-state index >= 15 is 0 Å². The number of halogens is 2. The average Bonchev–Trinajstić information content (AvgIpc) is 2.16. The lowest BCUT2D eigenvalue weighted by Crippen LogP contribution is -2.42. The Labute approximate surface area is 90.2 Å². The van der Waals surface area contributed by atoms with E-state index in [1.54, 1.807) is 0 Å². The molecule has 0 spiro atoms. The van der Waals surface area contributed by atoms with Crippen LogP contribution >= 0.6 is 11.8 Å². The Morgan fingerprint density at radius 1 is 1.33 bits per heavy atom. The molecule has 8 heteroatoms. The fourth-order valence-electron chi connectivity index (χ4n) is 1.32. The smallest absolute Gasteiger partial charge is 0.291 e. The van der Waals surface area contributed by atoms with Crippen molar-refractivity contribution in [2.75, 3.05) is 11.5 Å². The van der Waals surface area contributed by atoms with E-state index < -0.39 is 27.1 Å². The van der Waals surface area contributed by atoms with Gasteiger partial charge in [-0.15, -0.1) is 0 Å². The molecule has 0 amide bonds. The lowest BCUT2D eigenvalue weighted by Gasteiger charge is -2.22. The predicted octanol–water partition coefficient (Wildman–Crippen LogP) is 1.18. The summed E-state index contributed by atoms with van der Waals surface area (Å²) in [5, 5.41) is -4.67. The molecule has 0 radical (unpaired) electrons. The molecule has 0 aliphatic carbocycles. The van der Waals surface area contributed by atoms with E-state index in [1.807, 2.05) is 0 Å². The molecule has 0 unspecified atom stereocenters. The normalized spacial score (nSPS) is 20.2. The molecule has 0 aromatic carbocycles. The summed E-state index contributed by atoms with van der Waals surface area (Å²) in [6.07, 6.45) is 0.462. The van der Waals surface area contributed by atoms with Crippen molar-refractivity contribution in [2.24, 2.45) is 5.92 Å². The first-order valence-corrected chi connectivity index (χ1v) is 6.83. The summed E-state index contributed by atoms with van der Waals surface area (Å²) in [7, 11) is -5.64. The Balaban J connectivity index is 2.83. The van der Waals surface area contributed by atoms with Gasteiger partial charge < -0.3 is 0 Å². The van der Waals surface area contributed by atoms with E-state index in [1.165, 1.54) is 11.8 Å². The molecule has 1 saturated heterocycles. The van der Waals surface area contributed by atoms with Crippen LogP contribution in [0.1, 0.15) is 12.8 Å². The van der Waals surface area contributed by atoms with Crippen LogP contribution in [-0.4, -0.2) is 35.5 Å².